The van der Waals surface area contributed by atoms with Crippen LogP contribution in [0.5, 0.6) is 0 Å². The van der Waals surface area contributed by atoms with E-state index >= 15 is 0 Å². The third kappa shape index (κ3) is 4.23. The third-order valence-corrected chi connectivity index (χ3v) is 5.49. The van der Waals surface area contributed by atoms with Gasteiger partial charge in [0.25, 0.3) is 5.91 Å². The van der Waals surface area contributed by atoms with Crippen molar-refractivity contribution in [2.75, 3.05) is 0 Å². The second-order valence-electron chi connectivity index (χ2n) is 7.50. The van der Waals surface area contributed by atoms with Crippen LogP contribution in [0.25, 0.3) is 11.3 Å². The number of rotatable bonds is 4. The molecule has 0 aliphatic rings. The van der Waals surface area contributed by atoms with Gasteiger partial charge in [0.05, 0.1) is 28.2 Å². The lowest BCUT2D eigenvalue weighted by molar-refractivity contribution is -0.137. The predicted octanol–water partition coefficient (Wildman–Crippen LogP) is 5.49. The first-order valence-electron chi connectivity index (χ1n) is 9.91. The lowest BCUT2D eigenvalue weighted by atomic mass is 10.1. The monoisotopic (exact) mass is 473 g/mol. The summed E-state index contributed by atoms with van der Waals surface area (Å²) in [5.74, 6) is -0.491. The van der Waals surface area contributed by atoms with Gasteiger partial charge in [0.2, 0.25) is 0 Å². The summed E-state index contributed by atoms with van der Waals surface area (Å²) in [6.45, 7) is 5.10. The maximum atomic E-state index is 13.5. The van der Waals surface area contributed by atoms with Crippen LogP contribution in [0.15, 0.2) is 53.8 Å². The average Bonchev–Trinajstić information content (AvgIpc) is 3.21. The summed E-state index contributed by atoms with van der Waals surface area (Å²) < 4.78 is 43.6. The van der Waals surface area contributed by atoms with Crippen LogP contribution in [0.1, 0.15) is 38.7 Å². The van der Waals surface area contributed by atoms with E-state index in [1.807, 2.05) is 0 Å². The highest BCUT2D eigenvalue weighted by molar-refractivity contribution is 6.30. The van der Waals surface area contributed by atoms with Gasteiger partial charge >= 0.3 is 6.18 Å². The van der Waals surface area contributed by atoms with Gasteiger partial charge in [-0.3, -0.25) is 9.20 Å². The molecule has 0 atom stereocenters. The molecule has 4 rings (SSSR count). The maximum absolute atomic E-state index is 13.5. The fourth-order valence-electron chi connectivity index (χ4n) is 3.82. The Kier molecular flexibility index (Phi) is 5.75. The van der Waals surface area contributed by atoms with Crippen LogP contribution in [0.2, 0.25) is 5.02 Å². The minimum absolute atomic E-state index is 0.0296. The zero-order valence-corrected chi connectivity index (χ0v) is 18.7. The standard InChI is InChI=1S/C23H19ClF3N5O/c1-13-10-16(15(3)32(13)19-7-5-4-6-18(19)23(25,26)27)11-28-30-22(33)21-14(2)29-20-9-8-17(24)12-31(20)21/h4-12H,1-3H3,(H,30,33)/b28-11+. The number of aromatic nitrogens is 3. The first kappa shape index (κ1) is 22.6. The van der Waals surface area contributed by atoms with Crippen molar-refractivity contribution in [3.63, 3.8) is 0 Å². The Morgan fingerprint density at radius 3 is 2.61 bits per heavy atom. The minimum atomic E-state index is -4.49. The number of pyridine rings is 1. The van der Waals surface area contributed by atoms with Gasteiger partial charge in [0.15, 0.2) is 0 Å². The number of aryl methyl sites for hydroxylation is 2. The van der Waals surface area contributed by atoms with Crippen LogP contribution in [-0.2, 0) is 6.18 Å². The van der Waals surface area contributed by atoms with Gasteiger partial charge in [0.1, 0.15) is 11.3 Å². The molecule has 0 saturated carbocycles. The molecule has 3 aromatic heterocycles. The summed E-state index contributed by atoms with van der Waals surface area (Å²) in [6, 6.07) is 10.5. The smallest absolute Gasteiger partial charge is 0.317 e. The topological polar surface area (TPSA) is 63.7 Å². The Labute approximate surface area is 192 Å². The van der Waals surface area contributed by atoms with E-state index < -0.39 is 17.6 Å². The molecule has 1 aromatic carbocycles. The van der Waals surface area contributed by atoms with Gasteiger partial charge in [0, 0.05) is 23.1 Å². The Morgan fingerprint density at radius 2 is 1.88 bits per heavy atom. The molecule has 0 aliphatic carbocycles. The van der Waals surface area contributed by atoms with Crippen LogP contribution in [0.3, 0.4) is 0 Å². The van der Waals surface area contributed by atoms with Crippen LogP contribution < -0.4 is 5.43 Å². The van der Waals surface area contributed by atoms with Gasteiger partial charge in [-0.15, -0.1) is 0 Å². The number of carbonyl (C=O) groups excluding carboxylic acids is 1. The third-order valence-electron chi connectivity index (χ3n) is 5.26. The number of amides is 1. The van der Waals surface area contributed by atoms with E-state index in [4.69, 9.17) is 11.6 Å². The van der Waals surface area contributed by atoms with E-state index in [9.17, 15) is 18.0 Å². The van der Waals surface area contributed by atoms with Crippen LogP contribution >= 0.6 is 11.6 Å². The van der Waals surface area contributed by atoms with Crippen LogP contribution in [-0.4, -0.2) is 26.1 Å². The summed E-state index contributed by atoms with van der Waals surface area (Å²) in [7, 11) is 0. The van der Waals surface area contributed by atoms with Gasteiger partial charge < -0.3 is 4.57 Å². The van der Waals surface area contributed by atoms with Crippen molar-refractivity contribution in [3.8, 4) is 5.69 Å². The molecular formula is C23H19ClF3N5O. The average molecular weight is 474 g/mol. The molecule has 1 amide bonds. The summed E-state index contributed by atoms with van der Waals surface area (Å²) in [5, 5.41) is 4.46. The second-order valence-corrected chi connectivity index (χ2v) is 7.93. The van der Waals surface area contributed by atoms with Crippen molar-refractivity contribution in [2.24, 2.45) is 5.10 Å². The molecule has 6 nitrogen and oxygen atoms in total. The van der Waals surface area contributed by atoms with E-state index in [2.05, 4.69) is 15.5 Å². The van der Waals surface area contributed by atoms with E-state index in [0.29, 0.717) is 33.3 Å². The summed E-state index contributed by atoms with van der Waals surface area (Å²) in [5.41, 5.74) is 4.84. The molecular weight excluding hydrogens is 455 g/mol. The normalized spacial score (nSPS) is 12.1. The van der Waals surface area contributed by atoms with Crippen molar-refractivity contribution in [1.82, 2.24) is 19.4 Å². The number of hydrogen-bond donors (Lipinski definition) is 1. The molecule has 0 saturated heterocycles. The van der Waals surface area contributed by atoms with Crippen molar-refractivity contribution in [1.29, 1.82) is 0 Å². The number of imidazole rings is 1. The first-order chi connectivity index (χ1) is 15.6. The van der Waals surface area contributed by atoms with Crippen molar-refractivity contribution >= 4 is 29.4 Å². The molecule has 3 heterocycles. The van der Waals surface area contributed by atoms with Crippen molar-refractivity contribution < 1.29 is 18.0 Å². The van der Waals surface area contributed by atoms with E-state index in [-0.39, 0.29) is 11.4 Å². The van der Waals surface area contributed by atoms with Crippen molar-refractivity contribution in [2.45, 2.75) is 26.9 Å². The zero-order valence-electron chi connectivity index (χ0n) is 17.9. The largest absolute Gasteiger partial charge is 0.418 e. The Bertz CT molecular complexity index is 1400. The SMILES string of the molecule is Cc1nc2ccc(Cl)cn2c1C(=O)N/N=C/c1cc(C)n(-c2ccccc2C(F)(F)F)c1C. The van der Waals surface area contributed by atoms with Gasteiger partial charge in [-0.05, 0) is 51.1 Å². The Balaban J connectivity index is 1.62. The summed E-state index contributed by atoms with van der Waals surface area (Å²) >= 11 is 6.03. The minimum Gasteiger partial charge on any atom is -0.317 e. The maximum Gasteiger partial charge on any atom is 0.418 e. The van der Waals surface area contributed by atoms with E-state index in [0.717, 1.165) is 6.07 Å². The second kappa shape index (κ2) is 8.40. The number of hydrogen-bond acceptors (Lipinski definition) is 3. The Morgan fingerprint density at radius 1 is 1.15 bits per heavy atom. The quantitative estimate of drug-likeness (QED) is 0.315. The molecule has 170 valence electrons. The molecule has 0 unspecified atom stereocenters. The fourth-order valence-corrected chi connectivity index (χ4v) is 3.98. The highest BCUT2D eigenvalue weighted by atomic mass is 35.5. The molecule has 0 bridgehead atoms. The number of nitrogens with one attached hydrogen (secondary N) is 1. The highest BCUT2D eigenvalue weighted by Gasteiger charge is 2.34. The fraction of sp³-hybridized carbons (Fsp3) is 0.174. The van der Waals surface area contributed by atoms with E-state index in [1.54, 1.807) is 55.6 Å². The number of nitrogens with zero attached hydrogens (tertiary/aromatic N) is 4. The highest BCUT2D eigenvalue weighted by Crippen LogP contribution is 2.35. The molecule has 0 radical (unpaired) electrons. The molecule has 0 aliphatic heterocycles. The number of alkyl halides is 3. The van der Waals surface area contributed by atoms with E-state index in [1.165, 1.54) is 22.9 Å². The lowest BCUT2D eigenvalue weighted by Gasteiger charge is -2.16. The lowest BCUT2D eigenvalue weighted by Crippen LogP contribution is -2.20. The molecule has 0 fully saturated rings. The molecule has 0 spiro atoms. The van der Waals surface area contributed by atoms with Gasteiger partial charge in [-0.2, -0.15) is 18.3 Å². The molecule has 33 heavy (non-hydrogen) atoms. The predicted molar refractivity (Wildman–Crippen MR) is 120 cm³/mol. The van der Waals surface area contributed by atoms with Crippen molar-refractivity contribution in [3.05, 3.63) is 87.6 Å². The Hall–Kier alpha value is -3.59. The number of benzene rings is 1. The summed E-state index contributed by atoms with van der Waals surface area (Å²) in [6.07, 6.45) is -1.50. The van der Waals surface area contributed by atoms with Crippen LogP contribution in [0.4, 0.5) is 13.2 Å². The molecule has 10 heteroatoms. The van der Waals surface area contributed by atoms with Crippen LogP contribution in [0, 0.1) is 20.8 Å². The number of halogens is 4. The number of para-hydroxylation sites is 1. The summed E-state index contributed by atoms with van der Waals surface area (Å²) in [4.78, 5) is 17.0. The molecule has 4 aromatic rings. The number of hydrazone groups is 1. The first-order valence-corrected chi connectivity index (χ1v) is 10.3. The zero-order chi connectivity index (χ0) is 23.9. The van der Waals surface area contributed by atoms with Gasteiger partial charge in [-0.1, -0.05) is 23.7 Å². The number of carbonyl (C=O) groups is 1. The number of fused-ring (bicyclic) bond motifs is 1. The van der Waals surface area contributed by atoms with Gasteiger partial charge in [-0.25, -0.2) is 10.4 Å². The molecule has 1 N–H and O–H groups in total.